The molecule has 0 bridgehead atoms. The van der Waals surface area contributed by atoms with Crippen LogP contribution in [0.25, 0.3) is 0 Å². The van der Waals surface area contributed by atoms with Crippen molar-refractivity contribution in [2.45, 2.75) is 19.9 Å². The Morgan fingerprint density at radius 3 is 2.42 bits per heavy atom. The lowest BCUT2D eigenvalue weighted by Gasteiger charge is -2.20. The van der Waals surface area contributed by atoms with E-state index in [1.165, 1.54) is 0 Å². The molecule has 4 N–H and O–H groups in total. The molecule has 0 saturated heterocycles. The molecule has 2 rings (SSSR count). The summed E-state index contributed by atoms with van der Waals surface area (Å²) >= 11 is 0. The fourth-order valence-corrected chi connectivity index (χ4v) is 2.48. The van der Waals surface area contributed by atoms with Crippen LogP contribution in [0, 0.1) is 12.3 Å². The van der Waals surface area contributed by atoms with Crippen molar-refractivity contribution in [1.29, 1.82) is 5.41 Å². The van der Waals surface area contributed by atoms with Crippen molar-refractivity contribution in [3.05, 3.63) is 59.2 Å². The number of carbonyl (C=O) groups is 1. The zero-order valence-corrected chi connectivity index (χ0v) is 15.9. The first-order chi connectivity index (χ1) is 11.9. The smallest absolute Gasteiger partial charge is 0.333 e. The van der Waals surface area contributed by atoms with Gasteiger partial charge < -0.3 is 20.5 Å². The topological polar surface area (TPSA) is 97.4 Å². The lowest BCUT2D eigenvalue weighted by Crippen LogP contribution is -2.23. The minimum atomic E-state index is -0.670. The van der Waals surface area contributed by atoms with Crippen LogP contribution in [0.3, 0.4) is 0 Å². The Morgan fingerprint density at radius 2 is 1.88 bits per heavy atom. The standard InChI is InChI=1S/C19H23N3O3.ClH/c1-4-25-19(23)17(14-9-12(2)10-16(11-14)24-3)22-15-7-5-13(6-8-15)18(20)21;/h5-11,17,22H,4H2,1-3H3,(H3,20,21);1H. The number of hydrogen-bond acceptors (Lipinski definition) is 5. The van der Waals surface area contributed by atoms with Crippen LogP contribution in [0.15, 0.2) is 42.5 Å². The SMILES string of the molecule is CCOC(=O)C(Nc1ccc(C(=N)N)cc1)c1cc(C)cc(OC)c1.Cl. The van der Waals surface area contributed by atoms with Crippen molar-refractivity contribution in [3.8, 4) is 5.75 Å². The number of halogens is 1. The van der Waals surface area contributed by atoms with Gasteiger partial charge in [0.05, 0.1) is 13.7 Å². The molecule has 26 heavy (non-hydrogen) atoms. The average molecular weight is 378 g/mol. The van der Waals surface area contributed by atoms with Crippen molar-refractivity contribution in [1.82, 2.24) is 0 Å². The predicted molar refractivity (Wildman–Crippen MR) is 105 cm³/mol. The molecule has 6 nitrogen and oxygen atoms in total. The normalized spacial score (nSPS) is 11.0. The lowest BCUT2D eigenvalue weighted by molar-refractivity contribution is -0.144. The summed E-state index contributed by atoms with van der Waals surface area (Å²) in [5.41, 5.74) is 8.55. The van der Waals surface area contributed by atoms with Crippen molar-refractivity contribution < 1.29 is 14.3 Å². The summed E-state index contributed by atoms with van der Waals surface area (Å²) in [5.74, 6) is 0.306. The number of amidine groups is 1. The van der Waals surface area contributed by atoms with E-state index in [2.05, 4.69) is 5.32 Å². The zero-order valence-electron chi connectivity index (χ0n) is 15.0. The molecule has 0 spiro atoms. The van der Waals surface area contributed by atoms with Crippen LogP contribution in [0.2, 0.25) is 0 Å². The molecular formula is C19H24ClN3O3. The largest absolute Gasteiger partial charge is 0.497 e. The van der Waals surface area contributed by atoms with Crippen LogP contribution in [0.1, 0.15) is 29.7 Å². The third-order valence-corrected chi connectivity index (χ3v) is 3.67. The number of carbonyl (C=O) groups excluding carboxylic acids is 1. The van der Waals surface area contributed by atoms with Crippen molar-refractivity contribution in [3.63, 3.8) is 0 Å². The Labute approximate surface area is 159 Å². The third kappa shape index (κ3) is 5.39. The number of anilines is 1. The number of nitrogens with one attached hydrogen (secondary N) is 2. The second kappa shape index (κ2) is 9.68. The van der Waals surface area contributed by atoms with Crippen LogP contribution in [-0.4, -0.2) is 25.5 Å². The molecule has 0 saturated carbocycles. The van der Waals surface area contributed by atoms with Gasteiger partial charge in [-0.3, -0.25) is 5.41 Å². The number of benzene rings is 2. The summed E-state index contributed by atoms with van der Waals surface area (Å²) in [6.07, 6.45) is 0. The predicted octanol–water partition coefficient (Wildman–Crippen LogP) is 3.43. The highest BCUT2D eigenvalue weighted by molar-refractivity contribution is 5.95. The van der Waals surface area contributed by atoms with E-state index in [9.17, 15) is 4.79 Å². The summed E-state index contributed by atoms with van der Waals surface area (Å²) in [4.78, 5) is 12.5. The fourth-order valence-electron chi connectivity index (χ4n) is 2.48. The third-order valence-electron chi connectivity index (χ3n) is 3.67. The number of rotatable bonds is 7. The van der Waals surface area contributed by atoms with E-state index in [4.69, 9.17) is 20.6 Å². The number of nitrogen functional groups attached to an aromatic ring is 1. The van der Waals surface area contributed by atoms with Crippen molar-refractivity contribution in [2.24, 2.45) is 5.73 Å². The second-order valence-electron chi connectivity index (χ2n) is 5.60. The van der Waals surface area contributed by atoms with Gasteiger partial charge in [0, 0.05) is 11.3 Å². The van der Waals surface area contributed by atoms with Gasteiger partial charge in [-0.15, -0.1) is 12.4 Å². The van der Waals surface area contributed by atoms with Gasteiger partial charge in [-0.05, 0) is 61.4 Å². The van der Waals surface area contributed by atoms with E-state index < -0.39 is 6.04 Å². The van der Waals surface area contributed by atoms with Gasteiger partial charge in [-0.25, -0.2) is 4.79 Å². The minimum absolute atomic E-state index is 0. The second-order valence-corrected chi connectivity index (χ2v) is 5.60. The molecule has 0 aromatic heterocycles. The van der Waals surface area contributed by atoms with Gasteiger partial charge in [0.2, 0.25) is 0 Å². The highest BCUT2D eigenvalue weighted by Gasteiger charge is 2.23. The van der Waals surface area contributed by atoms with E-state index in [-0.39, 0.29) is 24.2 Å². The highest BCUT2D eigenvalue weighted by atomic mass is 35.5. The van der Waals surface area contributed by atoms with Gasteiger partial charge >= 0.3 is 5.97 Å². The van der Waals surface area contributed by atoms with Gasteiger partial charge in [-0.2, -0.15) is 0 Å². The Hall–Kier alpha value is -2.73. The molecule has 2 aromatic carbocycles. The van der Waals surface area contributed by atoms with E-state index in [0.717, 1.165) is 16.8 Å². The van der Waals surface area contributed by atoms with E-state index >= 15 is 0 Å². The highest BCUT2D eigenvalue weighted by Crippen LogP contribution is 2.26. The van der Waals surface area contributed by atoms with Crippen LogP contribution in [-0.2, 0) is 9.53 Å². The number of ether oxygens (including phenoxy) is 2. The molecule has 0 aliphatic rings. The minimum Gasteiger partial charge on any atom is -0.497 e. The number of aryl methyl sites for hydroxylation is 1. The number of hydrogen-bond donors (Lipinski definition) is 3. The molecule has 7 heteroatoms. The number of esters is 1. The molecule has 1 unspecified atom stereocenters. The van der Waals surface area contributed by atoms with E-state index in [0.29, 0.717) is 17.9 Å². The van der Waals surface area contributed by atoms with Crippen molar-refractivity contribution in [2.75, 3.05) is 19.0 Å². The van der Waals surface area contributed by atoms with Gasteiger partial charge in [0.25, 0.3) is 0 Å². The quantitative estimate of drug-likeness (QED) is 0.390. The molecular weight excluding hydrogens is 354 g/mol. The molecule has 140 valence electrons. The maximum absolute atomic E-state index is 12.5. The van der Waals surface area contributed by atoms with Crippen molar-refractivity contribution >= 4 is 29.9 Å². The van der Waals surface area contributed by atoms with Gasteiger partial charge in [0.1, 0.15) is 11.6 Å². The molecule has 0 radical (unpaired) electrons. The maximum atomic E-state index is 12.5. The van der Waals surface area contributed by atoms with Gasteiger partial charge in [-0.1, -0.05) is 6.07 Å². The first-order valence-electron chi connectivity index (χ1n) is 7.97. The monoisotopic (exact) mass is 377 g/mol. The summed E-state index contributed by atoms with van der Waals surface area (Å²) in [6.45, 7) is 4.01. The molecule has 0 aliphatic carbocycles. The maximum Gasteiger partial charge on any atom is 0.333 e. The summed E-state index contributed by atoms with van der Waals surface area (Å²) in [6, 6.07) is 12.0. The van der Waals surface area contributed by atoms with Crippen LogP contribution in [0.4, 0.5) is 5.69 Å². The Morgan fingerprint density at radius 1 is 1.23 bits per heavy atom. The van der Waals surface area contributed by atoms with Crippen LogP contribution in [0.5, 0.6) is 5.75 Å². The zero-order chi connectivity index (χ0) is 18.4. The molecule has 1 atom stereocenters. The van der Waals surface area contributed by atoms with Crippen LogP contribution < -0.4 is 15.8 Å². The van der Waals surface area contributed by atoms with Crippen LogP contribution >= 0.6 is 12.4 Å². The fraction of sp³-hybridized carbons (Fsp3) is 0.263. The average Bonchev–Trinajstić information content (AvgIpc) is 2.59. The van der Waals surface area contributed by atoms with E-state index in [1.807, 2.05) is 25.1 Å². The molecule has 0 aliphatic heterocycles. The van der Waals surface area contributed by atoms with Gasteiger partial charge in [0.15, 0.2) is 6.04 Å². The first kappa shape index (κ1) is 21.3. The molecule has 0 amide bonds. The Kier molecular flexibility index (Phi) is 7.93. The number of methoxy groups -OCH3 is 1. The summed E-state index contributed by atoms with van der Waals surface area (Å²) in [7, 11) is 1.59. The Balaban J connectivity index is 0.00000338. The molecule has 2 aromatic rings. The Bertz CT molecular complexity index is 763. The number of nitrogens with two attached hydrogens (primary N) is 1. The molecule has 0 heterocycles. The summed E-state index contributed by atoms with van der Waals surface area (Å²) < 4.78 is 10.5. The lowest BCUT2D eigenvalue weighted by atomic mass is 10.0. The summed E-state index contributed by atoms with van der Waals surface area (Å²) in [5, 5.41) is 10.6. The first-order valence-corrected chi connectivity index (χ1v) is 7.97. The molecule has 0 fully saturated rings. The van der Waals surface area contributed by atoms with E-state index in [1.54, 1.807) is 38.3 Å².